The summed E-state index contributed by atoms with van der Waals surface area (Å²) in [5, 5.41) is 0. The standard InChI is InChI=1S/C8H8O5S/c1-6(9)12-7-2-4-8(5-3-7)13-14(10)11/h2-5H,1H3,(H,10,11). The molecule has 0 aliphatic carbocycles. The Bertz CT molecular complexity index is 310. The van der Waals surface area contributed by atoms with Crippen molar-refractivity contribution < 1.29 is 22.5 Å². The van der Waals surface area contributed by atoms with Gasteiger partial charge in [-0.05, 0) is 24.3 Å². The zero-order valence-corrected chi connectivity index (χ0v) is 8.11. The lowest BCUT2D eigenvalue weighted by atomic mass is 10.3. The normalized spacial score (nSPS) is 11.9. The van der Waals surface area contributed by atoms with Crippen molar-refractivity contribution in [3.63, 3.8) is 0 Å². The number of benzene rings is 1. The van der Waals surface area contributed by atoms with Gasteiger partial charge in [0, 0.05) is 6.92 Å². The molecule has 5 nitrogen and oxygen atoms in total. The molecule has 0 saturated carbocycles. The number of hydrogen-bond acceptors (Lipinski definition) is 4. The van der Waals surface area contributed by atoms with Gasteiger partial charge in [0.1, 0.15) is 11.5 Å². The van der Waals surface area contributed by atoms with Crippen LogP contribution in [0.4, 0.5) is 0 Å². The summed E-state index contributed by atoms with van der Waals surface area (Å²) < 4.78 is 27.8. The summed E-state index contributed by atoms with van der Waals surface area (Å²) in [4.78, 5) is 10.5. The van der Waals surface area contributed by atoms with E-state index in [-0.39, 0.29) is 5.75 Å². The van der Waals surface area contributed by atoms with Crippen molar-refractivity contribution in [3.05, 3.63) is 24.3 Å². The Morgan fingerprint density at radius 1 is 1.29 bits per heavy atom. The second-order valence-electron chi connectivity index (χ2n) is 2.37. The summed E-state index contributed by atoms with van der Waals surface area (Å²) in [5.74, 6) is 0.153. The minimum Gasteiger partial charge on any atom is -0.427 e. The summed E-state index contributed by atoms with van der Waals surface area (Å²) in [6.45, 7) is 1.28. The first-order valence-corrected chi connectivity index (χ1v) is 4.69. The molecular formula is C8H8O5S. The lowest BCUT2D eigenvalue weighted by Crippen LogP contribution is -2.01. The molecule has 1 unspecified atom stereocenters. The molecule has 0 heterocycles. The van der Waals surface area contributed by atoms with Crippen LogP contribution in [0.1, 0.15) is 6.92 Å². The number of ether oxygens (including phenoxy) is 1. The molecule has 0 amide bonds. The molecule has 1 aromatic carbocycles. The SMILES string of the molecule is CC(=O)Oc1ccc(OS(=O)O)cc1. The van der Waals surface area contributed by atoms with E-state index in [1.807, 2.05) is 0 Å². The Hall–Kier alpha value is -1.40. The van der Waals surface area contributed by atoms with Crippen molar-refractivity contribution in [1.29, 1.82) is 0 Å². The quantitative estimate of drug-likeness (QED) is 0.465. The van der Waals surface area contributed by atoms with Gasteiger partial charge in [-0.1, -0.05) is 0 Å². The fourth-order valence-corrected chi connectivity index (χ4v) is 1.09. The summed E-state index contributed by atoms with van der Waals surface area (Å²) in [6.07, 6.45) is 0. The second-order valence-corrected chi connectivity index (χ2v) is 2.97. The molecular weight excluding hydrogens is 208 g/mol. The molecule has 14 heavy (non-hydrogen) atoms. The van der Waals surface area contributed by atoms with Crippen molar-refractivity contribution in [3.8, 4) is 11.5 Å². The molecule has 6 heteroatoms. The number of carbonyl (C=O) groups excluding carboxylic acids is 1. The van der Waals surface area contributed by atoms with E-state index in [9.17, 15) is 9.00 Å². The van der Waals surface area contributed by atoms with Gasteiger partial charge in [-0.25, -0.2) is 0 Å². The van der Waals surface area contributed by atoms with Gasteiger partial charge in [0.25, 0.3) is 0 Å². The molecule has 1 atom stereocenters. The minimum atomic E-state index is -2.34. The van der Waals surface area contributed by atoms with E-state index in [2.05, 4.69) is 4.18 Å². The van der Waals surface area contributed by atoms with Crippen LogP contribution in [0.15, 0.2) is 24.3 Å². The van der Waals surface area contributed by atoms with E-state index >= 15 is 0 Å². The highest BCUT2D eigenvalue weighted by atomic mass is 32.2. The van der Waals surface area contributed by atoms with Gasteiger partial charge < -0.3 is 8.92 Å². The molecule has 0 saturated heterocycles. The fraction of sp³-hybridized carbons (Fsp3) is 0.125. The fourth-order valence-electron chi connectivity index (χ4n) is 0.812. The molecule has 0 aliphatic heterocycles. The van der Waals surface area contributed by atoms with Gasteiger partial charge in [-0.3, -0.25) is 9.35 Å². The van der Waals surface area contributed by atoms with Crippen LogP contribution in [-0.2, 0) is 16.2 Å². The molecule has 1 rings (SSSR count). The van der Waals surface area contributed by atoms with Crippen molar-refractivity contribution >= 4 is 17.3 Å². The Kier molecular flexibility index (Phi) is 3.61. The van der Waals surface area contributed by atoms with E-state index in [1.165, 1.54) is 31.2 Å². The molecule has 0 radical (unpaired) electrons. The van der Waals surface area contributed by atoms with Crippen LogP contribution in [0, 0.1) is 0 Å². The number of carbonyl (C=O) groups is 1. The van der Waals surface area contributed by atoms with Crippen LogP contribution in [0.2, 0.25) is 0 Å². The highest BCUT2D eigenvalue weighted by molar-refractivity contribution is 7.74. The van der Waals surface area contributed by atoms with E-state index in [0.717, 1.165) is 0 Å². The van der Waals surface area contributed by atoms with Crippen LogP contribution in [0.5, 0.6) is 11.5 Å². The van der Waals surface area contributed by atoms with Crippen molar-refractivity contribution in [1.82, 2.24) is 0 Å². The van der Waals surface area contributed by atoms with Gasteiger partial charge in [0.15, 0.2) is 0 Å². The Morgan fingerprint density at radius 3 is 2.21 bits per heavy atom. The molecule has 0 aliphatic rings. The first-order chi connectivity index (χ1) is 6.58. The Balaban J connectivity index is 2.68. The van der Waals surface area contributed by atoms with Crippen molar-refractivity contribution in [2.75, 3.05) is 0 Å². The lowest BCUT2D eigenvalue weighted by molar-refractivity contribution is -0.131. The highest BCUT2D eigenvalue weighted by Gasteiger charge is 2.00. The van der Waals surface area contributed by atoms with E-state index < -0.39 is 17.3 Å². The van der Waals surface area contributed by atoms with Crippen LogP contribution in [-0.4, -0.2) is 14.7 Å². The molecule has 0 spiro atoms. The van der Waals surface area contributed by atoms with Crippen molar-refractivity contribution in [2.24, 2.45) is 0 Å². The zero-order valence-electron chi connectivity index (χ0n) is 7.30. The molecule has 0 bridgehead atoms. The third-order valence-electron chi connectivity index (χ3n) is 1.25. The number of rotatable bonds is 3. The van der Waals surface area contributed by atoms with Gasteiger partial charge in [0.05, 0.1) is 0 Å². The zero-order chi connectivity index (χ0) is 10.6. The van der Waals surface area contributed by atoms with E-state index in [4.69, 9.17) is 9.29 Å². The second kappa shape index (κ2) is 4.73. The Morgan fingerprint density at radius 2 is 1.79 bits per heavy atom. The summed E-state index contributed by atoms with van der Waals surface area (Å²) in [5.41, 5.74) is 0. The summed E-state index contributed by atoms with van der Waals surface area (Å²) in [6, 6.07) is 5.77. The summed E-state index contributed by atoms with van der Waals surface area (Å²) >= 11 is -2.34. The smallest absolute Gasteiger partial charge is 0.357 e. The van der Waals surface area contributed by atoms with Gasteiger partial charge in [-0.15, -0.1) is 0 Å². The molecule has 76 valence electrons. The first kappa shape index (κ1) is 10.7. The van der Waals surface area contributed by atoms with Crippen LogP contribution in [0.3, 0.4) is 0 Å². The highest BCUT2D eigenvalue weighted by Crippen LogP contribution is 2.17. The monoisotopic (exact) mass is 216 g/mol. The predicted molar refractivity (Wildman–Crippen MR) is 49.2 cm³/mol. The van der Waals surface area contributed by atoms with Crippen molar-refractivity contribution in [2.45, 2.75) is 6.92 Å². The molecule has 1 N–H and O–H groups in total. The Labute approximate surface area is 83.1 Å². The maximum atomic E-state index is 10.5. The average Bonchev–Trinajstić information content (AvgIpc) is 2.06. The lowest BCUT2D eigenvalue weighted by Gasteiger charge is -2.02. The first-order valence-electron chi connectivity index (χ1n) is 3.65. The van der Waals surface area contributed by atoms with Gasteiger partial charge >= 0.3 is 17.3 Å². The summed E-state index contributed by atoms with van der Waals surface area (Å²) in [7, 11) is 0. The third-order valence-corrected chi connectivity index (χ3v) is 1.59. The van der Waals surface area contributed by atoms with Gasteiger partial charge in [-0.2, -0.15) is 4.21 Å². The van der Waals surface area contributed by atoms with Crippen LogP contribution >= 0.6 is 0 Å². The minimum absolute atomic E-state index is 0.224. The third kappa shape index (κ3) is 3.55. The average molecular weight is 216 g/mol. The van der Waals surface area contributed by atoms with E-state index in [1.54, 1.807) is 0 Å². The maximum Gasteiger partial charge on any atom is 0.357 e. The molecule has 0 aromatic heterocycles. The number of hydrogen-bond donors (Lipinski definition) is 1. The topological polar surface area (TPSA) is 72.8 Å². The van der Waals surface area contributed by atoms with E-state index in [0.29, 0.717) is 5.75 Å². The molecule has 1 aromatic rings. The maximum absolute atomic E-state index is 10.5. The predicted octanol–water partition coefficient (Wildman–Crippen LogP) is 1.13. The molecule has 0 fully saturated rings. The van der Waals surface area contributed by atoms with Crippen LogP contribution < -0.4 is 8.92 Å². The number of esters is 1. The largest absolute Gasteiger partial charge is 0.427 e. The van der Waals surface area contributed by atoms with Crippen LogP contribution in [0.25, 0.3) is 0 Å². The van der Waals surface area contributed by atoms with Gasteiger partial charge in [0.2, 0.25) is 0 Å².